The highest BCUT2D eigenvalue weighted by Gasteiger charge is 2.40. The van der Waals surface area contributed by atoms with Crippen LogP contribution in [-0.4, -0.2) is 38.7 Å². The third-order valence-corrected chi connectivity index (χ3v) is 5.37. The molecule has 0 bridgehead atoms. The number of alkyl halides is 2. The minimum atomic E-state index is -2.77. The van der Waals surface area contributed by atoms with E-state index in [1.54, 1.807) is 0 Å². The number of H-pyrrole nitrogens is 1. The second-order valence-corrected chi connectivity index (χ2v) is 6.82. The van der Waals surface area contributed by atoms with Gasteiger partial charge in [-0.15, -0.1) is 11.3 Å². The summed E-state index contributed by atoms with van der Waals surface area (Å²) in [5, 5.41) is 0.191. The van der Waals surface area contributed by atoms with Crippen molar-refractivity contribution >= 4 is 39.9 Å². The molecule has 10 heteroatoms. The molecule has 1 aliphatic heterocycles. The fraction of sp³-hybridized carbons (Fsp3) is 0.267. The van der Waals surface area contributed by atoms with Gasteiger partial charge in [-0.05, 0) is 12.1 Å². The van der Waals surface area contributed by atoms with Gasteiger partial charge in [0.05, 0.1) is 26.6 Å². The summed E-state index contributed by atoms with van der Waals surface area (Å²) in [7, 11) is 0. The zero-order valence-electron chi connectivity index (χ0n) is 12.5. The molecule has 0 spiro atoms. The number of imidazole rings is 1. The van der Waals surface area contributed by atoms with E-state index in [9.17, 15) is 18.0 Å². The number of hydrogen-bond acceptors (Lipinski definition) is 4. The summed E-state index contributed by atoms with van der Waals surface area (Å²) in [5.74, 6) is -1.60. The van der Waals surface area contributed by atoms with Gasteiger partial charge in [-0.3, -0.25) is 4.79 Å². The maximum Gasteiger partial charge on any atom is 0.290 e. The Kier molecular flexibility index (Phi) is 3.92. The molecule has 0 radical (unpaired) electrons. The quantitative estimate of drug-likeness (QED) is 0.728. The van der Waals surface area contributed by atoms with Gasteiger partial charge in [-0.2, -0.15) is 0 Å². The Morgan fingerprint density at radius 1 is 1.44 bits per heavy atom. The van der Waals surface area contributed by atoms with Gasteiger partial charge in [0.15, 0.2) is 11.6 Å². The number of hydrogen-bond donors (Lipinski definition) is 1. The number of carbonyl (C=O) groups excluding carboxylic acids is 1. The number of aromatic nitrogens is 3. The van der Waals surface area contributed by atoms with Crippen molar-refractivity contribution < 1.29 is 18.0 Å². The van der Waals surface area contributed by atoms with Gasteiger partial charge in [0.1, 0.15) is 11.6 Å². The Labute approximate surface area is 148 Å². The smallest absolute Gasteiger partial charge is 0.290 e. The monoisotopic (exact) mass is 386 g/mol. The van der Waals surface area contributed by atoms with E-state index in [4.69, 9.17) is 11.6 Å². The van der Waals surface area contributed by atoms with Crippen molar-refractivity contribution in [1.29, 1.82) is 0 Å². The number of fused-ring (bicyclic) bond motifs is 2. The number of thiazole rings is 1. The molecule has 4 rings (SSSR count). The molecule has 1 amide bonds. The molecule has 1 atom stereocenters. The molecule has 2 aromatic heterocycles. The Bertz CT molecular complexity index is 934. The van der Waals surface area contributed by atoms with Crippen molar-refractivity contribution in [2.24, 2.45) is 0 Å². The number of carbonyl (C=O) groups is 1. The summed E-state index contributed by atoms with van der Waals surface area (Å²) in [6.07, 6.45) is -2.39. The summed E-state index contributed by atoms with van der Waals surface area (Å²) >= 11 is 7.07. The van der Waals surface area contributed by atoms with Gasteiger partial charge in [0, 0.05) is 13.0 Å². The molecule has 1 aromatic carbocycles. The first-order valence-corrected chi connectivity index (χ1v) is 8.58. The third kappa shape index (κ3) is 2.58. The molecule has 0 unspecified atom stereocenters. The summed E-state index contributed by atoms with van der Waals surface area (Å²) < 4.78 is 41.1. The fourth-order valence-corrected chi connectivity index (χ4v) is 4.11. The Balaban J connectivity index is 1.76. The second-order valence-electron chi connectivity index (χ2n) is 5.53. The van der Waals surface area contributed by atoms with E-state index in [0.717, 1.165) is 22.3 Å². The minimum Gasteiger partial charge on any atom is -0.333 e. The first-order chi connectivity index (χ1) is 12.0. The van der Waals surface area contributed by atoms with Gasteiger partial charge in [0.2, 0.25) is 0 Å². The molecule has 3 heterocycles. The van der Waals surface area contributed by atoms with E-state index < -0.39 is 24.2 Å². The second kappa shape index (κ2) is 5.99. The summed E-state index contributed by atoms with van der Waals surface area (Å²) in [5.41, 5.74) is 2.14. The average Bonchev–Trinajstić information content (AvgIpc) is 3.23. The molecule has 0 aliphatic carbocycles. The van der Waals surface area contributed by atoms with Crippen molar-refractivity contribution in [1.82, 2.24) is 19.9 Å². The first-order valence-electron chi connectivity index (χ1n) is 7.32. The molecule has 0 fully saturated rings. The van der Waals surface area contributed by atoms with E-state index >= 15 is 0 Å². The van der Waals surface area contributed by atoms with E-state index in [2.05, 4.69) is 15.0 Å². The molecule has 0 saturated carbocycles. The molecular formula is C15H10ClF3N4OS. The highest BCUT2D eigenvalue weighted by molar-refractivity contribution is 7.09. The standard InChI is InChI=1S/C15H10ClF3N4OS/c16-6-1-2-7(17)10-9(6)21-14(22-10)15(24)23-4-3-8-12(25-5-20-8)11(23)13(18)19/h1-2,5,11,13H,3-4H2,(H,21,22)/t11-/m0/s1. The van der Waals surface area contributed by atoms with E-state index in [-0.39, 0.29) is 28.4 Å². The van der Waals surface area contributed by atoms with E-state index in [0.29, 0.717) is 17.0 Å². The lowest BCUT2D eigenvalue weighted by Crippen LogP contribution is -2.43. The van der Waals surface area contributed by atoms with Gasteiger partial charge in [0.25, 0.3) is 12.3 Å². The number of nitrogens with zero attached hydrogens (tertiary/aromatic N) is 3. The van der Waals surface area contributed by atoms with Gasteiger partial charge < -0.3 is 9.88 Å². The molecule has 1 aliphatic rings. The number of nitrogens with one attached hydrogen (secondary N) is 1. The van der Waals surface area contributed by atoms with Crippen molar-refractivity contribution in [3.8, 4) is 0 Å². The van der Waals surface area contributed by atoms with Gasteiger partial charge in [-0.1, -0.05) is 11.6 Å². The number of rotatable bonds is 2. The minimum absolute atomic E-state index is 0.0812. The normalized spacial score (nSPS) is 17.3. The Morgan fingerprint density at radius 2 is 2.24 bits per heavy atom. The molecule has 5 nitrogen and oxygen atoms in total. The van der Waals surface area contributed by atoms with Crippen LogP contribution in [0.1, 0.15) is 27.2 Å². The van der Waals surface area contributed by atoms with Crippen LogP contribution in [0.25, 0.3) is 11.0 Å². The molecule has 130 valence electrons. The average molecular weight is 387 g/mol. The molecule has 25 heavy (non-hydrogen) atoms. The topological polar surface area (TPSA) is 61.9 Å². The number of benzene rings is 1. The van der Waals surface area contributed by atoms with Crippen LogP contribution in [0.5, 0.6) is 0 Å². The largest absolute Gasteiger partial charge is 0.333 e. The SMILES string of the molecule is O=C(c1nc2c(F)ccc(Cl)c2[nH]1)N1CCc2ncsc2[C@H]1C(F)F. The van der Waals surface area contributed by atoms with Crippen LogP contribution in [-0.2, 0) is 6.42 Å². The fourth-order valence-electron chi connectivity index (χ4n) is 2.96. The zero-order chi connectivity index (χ0) is 17.7. The molecule has 0 saturated heterocycles. The van der Waals surface area contributed by atoms with Crippen LogP contribution in [0.2, 0.25) is 5.02 Å². The molecular weight excluding hydrogens is 377 g/mol. The van der Waals surface area contributed by atoms with Crippen LogP contribution in [0, 0.1) is 5.82 Å². The lowest BCUT2D eigenvalue weighted by molar-refractivity contribution is 0.0170. The zero-order valence-corrected chi connectivity index (χ0v) is 14.0. The Morgan fingerprint density at radius 3 is 2.96 bits per heavy atom. The van der Waals surface area contributed by atoms with Crippen LogP contribution in [0.15, 0.2) is 17.6 Å². The Hall–Kier alpha value is -2.13. The van der Waals surface area contributed by atoms with Gasteiger partial charge >= 0.3 is 0 Å². The molecule has 1 N–H and O–H groups in total. The number of halogens is 4. The number of aromatic amines is 1. The highest BCUT2D eigenvalue weighted by atomic mass is 35.5. The summed E-state index contributed by atoms with van der Waals surface area (Å²) in [4.78, 5) is 24.8. The van der Waals surface area contributed by atoms with E-state index in [1.807, 2.05) is 0 Å². The summed E-state index contributed by atoms with van der Waals surface area (Å²) in [6.45, 7) is 0.0812. The van der Waals surface area contributed by atoms with Crippen molar-refractivity contribution in [3.63, 3.8) is 0 Å². The first kappa shape index (κ1) is 16.3. The van der Waals surface area contributed by atoms with Crippen molar-refractivity contribution in [3.05, 3.63) is 44.9 Å². The van der Waals surface area contributed by atoms with Crippen molar-refractivity contribution in [2.45, 2.75) is 18.9 Å². The van der Waals surface area contributed by atoms with Crippen LogP contribution in [0.3, 0.4) is 0 Å². The lowest BCUT2D eigenvalue weighted by atomic mass is 10.1. The maximum atomic E-state index is 13.9. The van der Waals surface area contributed by atoms with Crippen LogP contribution < -0.4 is 0 Å². The third-order valence-electron chi connectivity index (χ3n) is 4.11. The predicted octanol–water partition coefficient (Wildman–Crippen LogP) is 3.82. The molecule has 3 aromatic rings. The van der Waals surface area contributed by atoms with E-state index in [1.165, 1.54) is 11.6 Å². The van der Waals surface area contributed by atoms with Crippen molar-refractivity contribution in [2.75, 3.05) is 6.54 Å². The van der Waals surface area contributed by atoms with Crippen LogP contribution in [0.4, 0.5) is 13.2 Å². The highest BCUT2D eigenvalue weighted by Crippen LogP contribution is 2.37. The summed E-state index contributed by atoms with van der Waals surface area (Å²) in [6, 6.07) is 1.07. The lowest BCUT2D eigenvalue weighted by Gasteiger charge is -2.33. The van der Waals surface area contributed by atoms with Crippen LogP contribution >= 0.6 is 22.9 Å². The maximum absolute atomic E-state index is 13.9. The predicted molar refractivity (Wildman–Crippen MR) is 86.7 cm³/mol. The van der Waals surface area contributed by atoms with Gasteiger partial charge in [-0.25, -0.2) is 23.1 Å². The number of amides is 1.